The zero-order valence-electron chi connectivity index (χ0n) is 14.2. The molecule has 2 aromatic rings. The number of rotatable bonds is 6. The molecule has 1 fully saturated rings. The zero-order valence-corrected chi connectivity index (χ0v) is 15.8. The summed E-state index contributed by atoms with van der Waals surface area (Å²) in [5, 5.41) is 3.30. The van der Waals surface area contributed by atoms with Gasteiger partial charge in [-0.3, -0.25) is 4.79 Å². The van der Waals surface area contributed by atoms with Crippen molar-refractivity contribution in [1.82, 2.24) is 4.72 Å². The average Bonchev–Trinajstić information content (AvgIpc) is 3.39. The highest BCUT2D eigenvalue weighted by Gasteiger charge is 2.28. The maximum absolute atomic E-state index is 12.2. The number of sulfonamides is 1. The molecule has 0 unspecified atom stereocenters. The van der Waals surface area contributed by atoms with Crippen LogP contribution in [0.5, 0.6) is 0 Å². The lowest BCUT2D eigenvalue weighted by Crippen LogP contribution is -2.25. The molecule has 26 heavy (non-hydrogen) atoms. The van der Waals surface area contributed by atoms with Crippen LogP contribution in [-0.2, 0) is 14.8 Å². The highest BCUT2D eigenvalue weighted by Crippen LogP contribution is 2.23. The second-order valence-corrected chi connectivity index (χ2v) is 8.38. The van der Waals surface area contributed by atoms with E-state index in [1.165, 1.54) is 18.2 Å². The van der Waals surface area contributed by atoms with Crippen LogP contribution < -0.4 is 10.0 Å². The summed E-state index contributed by atoms with van der Waals surface area (Å²) in [6.45, 7) is 1.90. The fourth-order valence-corrected chi connectivity index (χ4v) is 3.84. The van der Waals surface area contributed by atoms with E-state index in [1.807, 2.05) is 19.1 Å². The summed E-state index contributed by atoms with van der Waals surface area (Å²) in [7, 11) is -3.55. The van der Waals surface area contributed by atoms with Gasteiger partial charge in [0.05, 0.1) is 4.90 Å². The number of halogens is 1. The number of carbonyl (C=O) groups excluding carboxylic acids is 1. The van der Waals surface area contributed by atoms with E-state index < -0.39 is 10.0 Å². The van der Waals surface area contributed by atoms with Crippen LogP contribution in [0.1, 0.15) is 24.0 Å². The van der Waals surface area contributed by atoms with Crippen molar-refractivity contribution in [1.29, 1.82) is 0 Å². The Balaban J connectivity index is 1.68. The number of hydrogen-bond acceptors (Lipinski definition) is 3. The van der Waals surface area contributed by atoms with Crippen molar-refractivity contribution in [2.45, 2.75) is 30.7 Å². The van der Waals surface area contributed by atoms with Crippen molar-refractivity contribution in [3.63, 3.8) is 0 Å². The molecule has 0 bridgehead atoms. The lowest BCUT2D eigenvalue weighted by molar-refractivity contribution is -0.111. The third-order valence-electron chi connectivity index (χ3n) is 3.93. The summed E-state index contributed by atoms with van der Waals surface area (Å²) in [5.74, 6) is -0.355. The average molecular weight is 391 g/mol. The highest BCUT2D eigenvalue weighted by molar-refractivity contribution is 7.89. The Morgan fingerprint density at radius 3 is 2.65 bits per heavy atom. The summed E-state index contributed by atoms with van der Waals surface area (Å²) in [4.78, 5) is 12.2. The second kappa shape index (κ2) is 7.61. The predicted molar refractivity (Wildman–Crippen MR) is 104 cm³/mol. The van der Waals surface area contributed by atoms with Crippen LogP contribution in [0.2, 0.25) is 5.02 Å². The number of hydrogen-bond donors (Lipinski definition) is 2. The molecule has 1 amide bonds. The van der Waals surface area contributed by atoms with Gasteiger partial charge in [0.15, 0.2) is 0 Å². The number of benzene rings is 2. The standard InChI is InChI=1S/C19H19ClN2O3S/c1-13-5-6-14(11-18(13)20)7-10-19(23)21-16-3-2-4-17(12-16)26(24,25)22-15-8-9-15/h2-7,10-12,15,22H,8-9H2,1H3,(H,21,23)/b10-7+. The zero-order chi connectivity index (χ0) is 18.7. The molecular weight excluding hydrogens is 372 g/mol. The molecule has 0 atom stereocenters. The molecule has 0 aliphatic heterocycles. The van der Waals surface area contributed by atoms with Gasteiger partial charge in [0.2, 0.25) is 15.9 Å². The Bertz CT molecular complexity index is 966. The molecule has 0 heterocycles. The van der Waals surface area contributed by atoms with E-state index in [1.54, 1.807) is 24.3 Å². The quantitative estimate of drug-likeness (QED) is 0.738. The molecule has 1 saturated carbocycles. The molecular formula is C19H19ClN2O3S. The van der Waals surface area contributed by atoms with Gasteiger partial charge in [-0.15, -0.1) is 0 Å². The van der Waals surface area contributed by atoms with Gasteiger partial charge < -0.3 is 5.32 Å². The number of amides is 1. The number of anilines is 1. The molecule has 136 valence electrons. The van der Waals surface area contributed by atoms with Crippen molar-refractivity contribution in [3.8, 4) is 0 Å². The fraction of sp³-hybridized carbons (Fsp3) is 0.211. The van der Waals surface area contributed by atoms with Gasteiger partial charge in [0, 0.05) is 22.8 Å². The first-order valence-electron chi connectivity index (χ1n) is 8.21. The summed E-state index contributed by atoms with van der Waals surface area (Å²) in [6.07, 6.45) is 4.76. The van der Waals surface area contributed by atoms with Gasteiger partial charge in [-0.1, -0.05) is 29.8 Å². The first-order chi connectivity index (χ1) is 12.3. The molecule has 0 spiro atoms. The van der Waals surface area contributed by atoms with E-state index in [4.69, 9.17) is 11.6 Å². The molecule has 1 aliphatic rings. The molecule has 3 rings (SSSR count). The topological polar surface area (TPSA) is 75.3 Å². The third kappa shape index (κ3) is 4.94. The molecule has 5 nitrogen and oxygen atoms in total. The van der Waals surface area contributed by atoms with Gasteiger partial charge in [-0.25, -0.2) is 13.1 Å². The largest absolute Gasteiger partial charge is 0.322 e. The van der Waals surface area contributed by atoms with Gasteiger partial charge in [-0.05, 0) is 61.2 Å². The van der Waals surface area contributed by atoms with Crippen molar-refractivity contribution in [2.24, 2.45) is 0 Å². The lowest BCUT2D eigenvalue weighted by Gasteiger charge is -2.08. The third-order valence-corrected chi connectivity index (χ3v) is 5.86. The summed E-state index contributed by atoms with van der Waals surface area (Å²) >= 11 is 6.06. The van der Waals surface area contributed by atoms with Crippen LogP contribution in [0.3, 0.4) is 0 Å². The van der Waals surface area contributed by atoms with Crippen LogP contribution in [0.25, 0.3) is 6.08 Å². The molecule has 1 aliphatic carbocycles. The Hall–Kier alpha value is -2.15. The van der Waals surface area contributed by atoms with Crippen molar-refractivity contribution >= 4 is 39.3 Å². The Morgan fingerprint density at radius 1 is 1.19 bits per heavy atom. The fourth-order valence-electron chi connectivity index (χ4n) is 2.30. The van der Waals surface area contributed by atoms with Crippen molar-refractivity contribution in [3.05, 3.63) is 64.7 Å². The minimum absolute atomic E-state index is 0.0301. The first-order valence-corrected chi connectivity index (χ1v) is 10.1. The van der Waals surface area contributed by atoms with Crippen molar-refractivity contribution < 1.29 is 13.2 Å². The molecule has 2 aromatic carbocycles. The van der Waals surface area contributed by atoms with E-state index in [0.29, 0.717) is 10.7 Å². The summed E-state index contributed by atoms with van der Waals surface area (Å²) in [5.41, 5.74) is 2.19. The molecule has 2 N–H and O–H groups in total. The molecule has 0 saturated heterocycles. The van der Waals surface area contributed by atoms with Crippen LogP contribution in [0, 0.1) is 6.92 Å². The Labute approximate surface area is 158 Å². The number of aryl methyl sites for hydroxylation is 1. The van der Waals surface area contributed by atoms with E-state index in [9.17, 15) is 13.2 Å². The van der Waals surface area contributed by atoms with Crippen LogP contribution >= 0.6 is 11.6 Å². The van der Waals surface area contributed by atoms with Gasteiger partial charge in [-0.2, -0.15) is 0 Å². The Kier molecular flexibility index (Phi) is 5.46. The van der Waals surface area contributed by atoms with E-state index in [-0.39, 0.29) is 16.8 Å². The second-order valence-electron chi connectivity index (χ2n) is 6.25. The SMILES string of the molecule is Cc1ccc(/C=C/C(=O)Nc2cccc(S(=O)(=O)NC3CC3)c2)cc1Cl. The van der Waals surface area contributed by atoms with Crippen LogP contribution in [0.4, 0.5) is 5.69 Å². The smallest absolute Gasteiger partial charge is 0.248 e. The van der Waals surface area contributed by atoms with E-state index in [0.717, 1.165) is 24.0 Å². The van der Waals surface area contributed by atoms with Gasteiger partial charge in [0.1, 0.15) is 0 Å². The molecule has 7 heteroatoms. The Morgan fingerprint density at radius 2 is 1.96 bits per heavy atom. The summed E-state index contributed by atoms with van der Waals surface area (Å²) < 4.78 is 27.1. The first kappa shape index (κ1) is 18.6. The van der Waals surface area contributed by atoms with Crippen molar-refractivity contribution in [2.75, 3.05) is 5.32 Å². The monoisotopic (exact) mass is 390 g/mol. The minimum atomic E-state index is -3.55. The number of nitrogens with one attached hydrogen (secondary N) is 2. The highest BCUT2D eigenvalue weighted by atomic mass is 35.5. The van der Waals surface area contributed by atoms with E-state index in [2.05, 4.69) is 10.0 Å². The molecule has 0 radical (unpaired) electrons. The maximum Gasteiger partial charge on any atom is 0.248 e. The lowest BCUT2D eigenvalue weighted by atomic mass is 10.1. The minimum Gasteiger partial charge on any atom is -0.322 e. The predicted octanol–water partition coefficient (Wildman–Crippen LogP) is 3.74. The summed E-state index contributed by atoms with van der Waals surface area (Å²) in [6, 6.07) is 11.7. The number of carbonyl (C=O) groups is 1. The van der Waals surface area contributed by atoms with Crippen LogP contribution in [0.15, 0.2) is 53.4 Å². The maximum atomic E-state index is 12.2. The van der Waals surface area contributed by atoms with E-state index >= 15 is 0 Å². The normalized spacial score (nSPS) is 14.5. The molecule has 0 aromatic heterocycles. The van der Waals surface area contributed by atoms with Crippen LogP contribution in [-0.4, -0.2) is 20.4 Å². The van der Waals surface area contributed by atoms with Gasteiger partial charge >= 0.3 is 0 Å². The van der Waals surface area contributed by atoms with Gasteiger partial charge in [0.25, 0.3) is 0 Å².